The highest BCUT2D eigenvalue weighted by molar-refractivity contribution is 4.79. The molecular formula is C13H27NO2. The van der Waals surface area contributed by atoms with Crippen molar-refractivity contribution in [2.24, 2.45) is 11.3 Å². The van der Waals surface area contributed by atoms with Crippen molar-refractivity contribution in [3.63, 3.8) is 0 Å². The van der Waals surface area contributed by atoms with Crippen LogP contribution in [0.15, 0.2) is 0 Å². The number of piperidine rings is 1. The van der Waals surface area contributed by atoms with Gasteiger partial charge in [0.05, 0.1) is 12.2 Å². The Morgan fingerprint density at radius 3 is 2.50 bits per heavy atom. The molecule has 2 N–H and O–H groups in total. The zero-order valence-corrected chi connectivity index (χ0v) is 11.1. The van der Waals surface area contributed by atoms with Crippen LogP contribution in [0.2, 0.25) is 0 Å². The molecule has 1 saturated heterocycles. The Balaban J connectivity index is 2.29. The molecule has 3 nitrogen and oxygen atoms in total. The molecule has 96 valence electrons. The van der Waals surface area contributed by atoms with Crippen molar-refractivity contribution in [3.8, 4) is 0 Å². The zero-order valence-electron chi connectivity index (χ0n) is 11.1. The third-order valence-electron chi connectivity index (χ3n) is 3.66. The zero-order chi connectivity index (χ0) is 12.3. The van der Waals surface area contributed by atoms with Crippen molar-refractivity contribution in [3.05, 3.63) is 0 Å². The number of nitrogens with zero attached hydrogens (tertiary/aromatic N) is 1. The molecule has 1 rings (SSSR count). The van der Waals surface area contributed by atoms with Gasteiger partial charge in [0.25, 0.3) is 0 Å². The second kappa shape index (κ2) is 5.48. The van der Waals surface area contributed by atoms with Crippen molar-refractivity contribution >= 4 is 0 Å². The summed E-state index contributed by atoms with van der Waals surface area (Å²) in [6, 6.07) is 0. The van der Waals surface area contributed by atoms with E-state index in [2.05, 4.69) is 32.6 Å². The van der Waals surface area contributed by atoms with Crippen LogP contribution in [0.5, 0.6) is 0 Å². The molecule has 0 aromatic rings. The number of aliphatic hydroxyl groups excluding tert-OH is 2. The van der Waals surface area contributed by atoms with E-state index in [9.17, 15) is 10.2 Å². The minimum absolute atomic E-state index is 0.0269. The Morgan fingerprint density at radius 2 is 2.00 bits per heavy atom. The highest BCUT2D eigenvalue weighted by Crippen LogP contribution is 2.23. The molecule has 1 aliphatic rings. The van der Waals surface area contributed by atoms with Crippen molar-refractivity contribution in [1.29, 1.82) is 0 Å². The van der Waals surface area contributed by atoms with E-state index in [1.165, 1.54) is 0 Å². The van der Waals surface area contributed by atoms with Gasteiger partial charge in [0.1, 0.15) is 0 Å². The quantitative estimate of drug-likeness (QED) is 0.770. The molecule has 3 unspecified atom stereocenters. The number of hydrogen-bond donors (Lipinski definition) is 2. The first kappa shape index (κ1) is 13.9. The maximum absolute atomic E-state index is 9.96. The standard InChI is InChI=1S/C13H27NO2/c1-10-9-14(7-5-11(10)15)8-6-12(16)13(2,3)4/h10-12,15-16H,5-9H2,1-4H3. The molecule has 1 fully saturated rings. The van der Waals surface area contributed by atoms with Gasteiger partial charge in [-0.15, -0.1) is 0 Å². The monoisotopic (exact) mass is 229 g/mol. The van der Waals surface area contributed by atoms with Crippen LogP contribution >= 0.6 is 0 Å². The topological polar surface area (TPSA) is 43.7 Å². The summed E-state index contributed by atoms with van der Waals surface area (Å²) in [5, 5.41) is 19.6. The molecule has 3 heteroatoms. The summed E-state index contributed by atoms with van der Waals surface area (Å²) < 4.78 is 0. The minimum Gasteiger partial charge on any atom is -0.393 e. The van der Waals surface area contributed by atoms with Crippen LogP contribution in [0.1, 0.15) is 40.5 Å². The average Bonchev–Trinajstić information content (AvgIpc) is 2.18. The fourth-order valence-corrected chi connectivity index (χ4v) is 2.16. The highest BCUT2D eigenvalue weighted by atomic mass is 16.3. The van der Waals surface area contributed by atoms with E-state index in [-0.39, 0.29) is 17.6 Å². The van der Waals surface area contributed by atoms with Crippen LogP contribution in [0.3, 0.4) is 0 Å². The predicted octanol–water partition coefficient (Wildman–Crippen LogP) is 1.49. The van der Waals surface area contributed by atoms with Crippen molar-refractivity contribution in [1.82, 2.24) is 4.90 Å². The van der Waals surface area contributed by atoms with Gasteiger partial charge in [0.15, 0.2) is 0 Å². The largest absolute Gasteiger partial charge is 0.393 e. The van der Waals surface area contributed by atoms with Gasteiger partial charge in [0.2, 0.25) is 0 Å². The van der Waals surface area contributed by atoms with Gasteiger partial charge in [-0.1, -0.05) is 27.7 Å². The molecule has 0 amide bonds. The van der Waals surface area contributed by atoms with Crippen LogP contribution < -0.4 is 0 Å². The van der Waals surface area contributed by atoms with Gasteiger partial charge in [-0.2, -0.15) is 0 Å². The first-order chi connectivity index (χ1) is 7.30. The summed E-state index contributed by atoms with van der Waals surface area (Å²) in [5.74, 6) is 0.362. The van der Waals surface area contributed by atoms with Crippen LogP contribution in [-0.2, 0) is 0 Å². The minimum atomic E-state index is -0.241. The molecule has 1 aliphatic heterocycles. The second-order valence-corrected chi connectivity index (χ2v) is 6.30. The Bertz CT molecular complexity index is 212. The summed E-state index contributed by atoms with van der Waals surface area (Å²) in [5.41, 5.74) is -0.0269. The molecule has 0 aliphatic carbocycles. The summed E-state index contributed by atoms with van der Waals surface area (Å²) in [4.78, 5) is 2.35. The maximum atomic E-state index is 9.96. The lowest BCUT2D eigenvalue weighted by Gasteiger charge is -2.35. The smallest absolute Gasteiger partial charge is 0.0600 e. The fourth-order valence-electron chi connectivity index (χ4n) is 2.16. The normalized spacial score (nSPS) is 30.4. The van der Waals surface area contributed by atoms with Crippen molar-refractivity contribution in [2.75, 3.05) is 19.6 Å². The summed E-state index contributed by atoms with van der Waals surface area (Å²) >= 11 is 0. The summed E-state index contributed by atoms with van der Waals surface area (Å²) in [7, 11) is 0. The van der Waals surface area contributed by atoms with Gasteiger partial charge in [-0.25, -0.2) is 0 Å². The molecule has 0 aromatic carbocycles. The molecule has 0 saturated carbocycles. The summed E-state index contributed by atoms with van der Waals surface area (Å²) in [6.07, 6.45) is 1.32. The van der Waals surface area contributed by atoms with E-state index in [1.54, 1.807) is 0 Å². The molecule has 0 aromatic heterocycles. The van der Waals surface area contributed by atoms with Gasteiger partial charge >= 0.3 is 0 Å². The van der Waals surface area contributed by atoms with Crippen molar-refractivity contribution in [2.45, 2.75) is 52.7 Å². The van der Waals surface area contributed by atoms with E-state index in [1.807, 2.05) is 0 Å². The SMILES string of the molecule is CC1CN(CCC(O)C(C)(C)C)CCC1O. The third kappa shape index (κ3) is 4.04. The molecule has 1 heterocycles. The van der Waals surface area contributed by atoms with Crippen molar-refractivity contribution < 1.29 is 10.2 Å². The number of rotatable bonds is 3. The third-order valence-corrected chi connectivity index (χ3v) is 3.66. The van der Waals surface area contributed by atoms with E-state index < -0.39 is 0 Å². The van der Waals surface area contributed by atoms with E-state index in [4.69, 9.17) is 0 Å². The molecule has 0 bridgehead atoms. The lowest BCUT2D eigenvalue weighted by atomic mass is 9.87. The fraction of sp³-hybridized carbons (Fsp3) is 1.00. The summed E-state index contributed by atoms with van der Waals surface area (Å²) in [6.45, 7) is 11.2. The Hall–Kier alpha value is -0.120. The number of aliphatic hydroxyl groups is 2. The second-order valence-electron chi connectivity index (χ2n) is 6.30. The molecule has 3 atom stereocenters. The molecule has 0 spiro atoms. The lowest BCUT2D eigenvalue weighted by molar-refractivity contribution is 0.0135. The van der Waals surface area contributed by atoms with Gasteiger partial charge in [0, 0.05) is 19.6 Å². The highest BCUT2D eigenvalue weighted by Gasteiger charge is 2.26. The van der Waals surface area contributed by atoms with Gasteiger partial charge in [-0.3, -0.25) is 0 Å². The van der Waals surface area contributed by atoms with Crippen LogP contribution in [-0.4, -0.2) is 47.0 Å². The Morgan fingerprint density at radius 1 is 1.38 bits per heavy atom. The van der Waals surface area contributed by atoms with E-state index >= 15 is 0 Å². The number of hydrogen-bond acceptors (Lipinski definition) is 3. The molecular weight excluding hydrogens is 202 g/mol. The van der Waals surface area contributed by atoms with Crippen LogP contribution in [0.4, 0.5) is 0 Å². The Labute approximate surface area is 99.5 Å². The lowest BCUT2D eigenvalue weighted by Crippen LogP contribution is -2.43. The van der Waals surface area contributed by atoms with E-state index in [0.29, 0.717) is 5.92 Å². The first-order valence-electron chi connectivity index (χ1n) is 6.39. The number of likely N-dealkylation sites (tertiary alicyclic amines) is 1. The molecule has 16 heavy (non-hydrogen) atoms. The van der Waals surface area contributed by atoms with Crippen LogP contribution in [0.25, 0.3) is 0 Å². The first-order valence-corrected chi connectivity index (χ1v) is 6.39. The molecule has 0 radical (unpaired) electrons. The van der Waals surface area contributed by atoms with Crippen LogP contribution in [0, 0.1) is 11.3 Å². The Kier molecular flexibility index (Phi) is 4.77. The van der Waals surface area contributed by atoms with Gasteiger partial charge < -0.3 is 15.1 Å². The average molecular weight is 229 g/mol. The van der Waals surface area contributed by atoms with Gasteiger partial charge in [-0.05, 0) is 24.2 Å². The van der Waals surface area contributed by atoms with E-state index in [0.717, 1.165) is 32.5 Å². The maximum Gasteiger partial charge on any atom is 0.0600 e. The predicted molar refractivity (Wildman–Crippen MR) is 66.3 cm³/mol.